The van der Waals surface area contributed by atoms with Crippen LogP contribution >= 0.6 is 23.2 Å². The summed E-state index contributed by atoms with van der Waals surface area (Å²) in [6.07, 6.45) is 8.76. The predicted octanol–water partition coefficient (Wildman–Crippen LogP) is 6.83. The maximum Gasteiger partial charge on any atom is 0.218 e. The number of hydrogen-bond acceptors (Lipinski definition) is 2. The monoisotopic (exact) mass is 514 g/mol. The number of benzene rings is 2. The number of rotatable bonds is 6. The quantitative estimate of drug-likeness (QED) is 0.327. The van der Waals surface area contributed by atoms with Crippen LogP contribution in [0.3, 0.4) is 0 Å². The lowest BCUT2D eigenvalue weighted by atomic mass is 9.88. The highest BCUT2D eigenvalue weighted by molar-refractivity contribution is 6.35. The van der Waals surface area contributed by atoms with E-state index in [1.165, 1.54) is 44.9 Å². The van der Waals surface area contributed by atoms with Gasteiger partial charge in [-0.3, -0.25) is 4.79 Å². The van der Waals surface area contributed by atoms with Crippen molar-refractivity contribution in [2.75, 3.05) is 18.4 Å². The minimum absolute atomic E-state index is 0.175. The molecule has 188 valence electrons. The van der Waals surface area contributed by atoms with Crippen molar-refractivity contribution in [3.63, 3.8) is 0 Å². The van der Waals surface area contributed by atoms with Gasteiger partial charge in [0.1, 0.15) is 0 Å². The van der Waals surface area contributed by atoms with Gasteiger partial charge in [0.25, 0.3) is 0 Å². The first kappa shape index (κ1) is 25.8. The smallest absolute Gasteiger partial charge is 0.218 e. The SMILES string of the molecule is CC1CCN(C(=NC2CCCCC2)Nc2ccc(C(CC(N)=O)c3ccc(Cl)cc3Cl)cc2)CC1. The van der Waals surface area contributed by atoms with Crippen LogP contribution in [0, 0.1) is 5.92 Å². The molecule has 0 spiro atoms. The number of halogens is 2. The van der Waals surface area contributed by atoms with Crippen LogP contribution in [0.4, 0.5) is 5.69 Å². The first-order chi connectivity index (χ1) is 16.9. The fourth-order valence-electron chi connectivity index (χ4n) is 5.12. The van der Waals surface area contributed by atoms with Gasteiger partial charge in [-0.1, -0.05) is 67.6 Å². The Bertz CT molecular complexity index is 1030. The zero-order valence-electron chi connectivity index (χ0n) is 20.5. The Morgan fingerprint density at radius 1 is 1.06 bits per heavy atom. The van der Waals surface area contributed by atoms with E-state index in [1.807, 2.05) is 18.2 Å². The second-order valence-corrected chi connectivity index (χ2v) is 10.9. The Labute approximate surface area is 219 Å². The number of guanidine groups is 1. The van der Waals surface area contributed by atoms with Gasteiger partial charge in [0, 0.05) is 41.2 Å². The van der Waals surface area contributed by atoms with E-state index in [0.717, 1.165) is 41.8 Å². The third kappa shape index (κ3) is 7.14. The van der Waals surface area contributed by atoms with E-state index in [1.54, 1.807) is 12.1 Å². The van der Waals surface area contributed by atoms with Crippen LogP contribution in [-0.4, -0.2) is 35.9 Å². The van der Waals surface area contributed by atoms with Gasteiger partial charge in [0.2, 0.25) is 5.91 Å². The maximum absolute atomic E-state index is 11.9. The Kier molecular flexibility index (Phi) is 8.96. The lowest BCUT2D eigenvalue weighted by Crippen LogP contribution is -2.42. The third-order valence-electron chi connectivity index (χ3n) is 7.28. The van der Waals surface area contributed by atoms with Gasteiger partial charge in [-0.05, 0) is 67.0 Å². The highest BCUT2D eigenvalue weighted by atomic mass is 35.5. The molecule has 2 fully saturated rings. The van der Waals surface area contributed by atoms with Crippen LogP contribution in [0.25, 0.3) is 0 Å². The third-order valence-corrected chi connectivity index (χ3v) is 7.84. The van der Waals surface area contributed by atoms with Crippen LogP contribution in [0.5, 0.6) is 0 Å². The number of carbonyl (C=O) groups excluding carboxylic acids is 1. The van der Waals surface area contributed by atoms with Crippen LogP contribution in [0.2, 0.25) is 10.0 Å². The van der Waals surface area contributed by atoms with Gasteiger partial charge in [-0.15, -0.1) is 0 Å². The zero-order chi connectivity index (χ0) is 24.8. The Morgan fingerprint density at radius 2 is 1.74 bits per heavy atom. The summed E-state index contributed by atoms with van der Waals surface area (Å²) in [6.45, 7) is 4.40. The minimum atomic E-state index is -0.371. The molecular formula is C28H36Cl2N4O. The number of likely N-dealkylation sites (tertiary alicyclic amines) is 1. The summed E-state index contributed by atoms with van der Waals surface area (Å²) in [4.78, 5) is 19.4. The van der Waals surface area contributed by atoms with E-state index >= 15 is 0 Å². The second kappa shape index (κ2) is 12.1. The lowest BCUT2D eigenvalue weighted by Gasteiger charge is -2.34. The zero-order valence-corrected chi connectivity index (χ0v) is 22.0. The molecule has 2 aromatic rings. The Morgan fingerprint density at radius 3 is 2.37 bits per heavy atom. The summed E-state index contributed by atoms with van der Waals surface area (Å²) < 4.78 is 0. The van der Waals surface area contributed by atoms with Crippen LogP contribution in [0.15, 0.2) is 47.5 Å². The fraction of sp³-hybridized carbons (Fsp3) is 0.500. The second-order valence-electron chi connectivity index (χ2n) is 10.0. The van der Waals surface area contributed by atoms with Crippen molar-refractivity contribution in [2.24, 2.45) is 16.6 Å². The largest absolute Gasteiger partial charge is 0.370 e. The Hall–Kier alpha value is -2.24. The number of nitrogens with two attached hydrogens (primary N) is 1. The highest BCUT2D eigenvalue weighted by Gasteiger charge is 2.23. The van der Waals surface area contributed by atoms with Gasteiger partial charge in [-0.2, -0.15) is 0 Å². The molecule has 1 aliphatic carbocycles. The average Bonchev–Trinajstić information content (AvgIpc) is 2.84. The molecule has 1 saturated heterocycles. The van der Waals surface area contributed by atoms with Gasteiger partial charge in [-0.25, -0.2) is 4.99 Å². The molecule has 1 unspecified atom stereocenters. The van der Waals surface area contributed by atoms with Crippen molar-refractivity contribution in [2.45, 2.75) is 70.3 Å². The van der Waals surface area contributed by atoms with Crippen molar-refractivity contribution in [3.05, 3.63) is 63.6 Å². The fourth-order valence-corrected chi connectivity index (χ4v) is 5.66. The molecule has 1 heterocycles. The molecule has 7 heteroatoms. The van der Waals surface area contributed by atoms with Crippen molar-refractivity contribution in [1.82, 2.24) is 4.90 Å². The van der Waals surface area contributed by atoms with Gasteiger partial charge in [0.05, 0.1) is 6.04 Å². The van der Waals surface area contributed by atoms with E-state index in [4.69, 9.17) is 33.9 Å². The molecule has 3 N–H and O–H groups in total. The summed E-state index contributed by atoms with van der Waals surface area (Å²) in [5.41, 5.74) is 8.40. The van der Waals surface area contributed by atoms with Crippen molar-refractivity contribution in [1.29, 1.82) is 0 Å². The maximum atomic E-state index is 11.9. The summed E-state index contributed by atoms with van der Waals surface area (Å²) >= 11 is 12.6. The topological polar surface area (TPSA) is 70.7 Å². The molecule has 0 aromatic heterocycles. The molecule has 1 saturated carbocycles. The molecule has 2 aromatic carbocycles. The number of anilines is 1. The van der Waals surface area contributed by atoms with Gasteiger partial charge < -0.3 is 16.0 Å². The first-order valence-corrected chi connectivity index (χ1v) is 13.6. The molecule has 1 amide bonds. The summed E-state index contributed by atoms with van der Waals surface area (Å²) in [5, 5.41) is 4.71. The number of piperidine rings is 1. The molecule has 2 aliphatic rings. The van der Waals surface area contributed by atoms with E-state index in [9.17, 15) is 4.79 Å². The minimum Gasteiger partial charge on any atom is -0.370 e. The molecule has 1 aliphatic heterocycles. The highest BCUT2D eigenvalue weighted by Crippen LogP contribution is 2.35. The standard InChI is InChI=1S/C28H36Cl2N4O/c1-19-13-15-34(16-14-19)28(32-22-5-3-2-4-6-22)33-23-10-7-20(8-11-23)25(18-27(31)35)24-12-9-21(29)17-26(24)30/h7-12,17,19,22,25H,2-6,13-16,18H2,1H3,(H2,31,35)(H,32,33). The summed E-state index contributed by atoms with van der Waals surface area (Å²) in [6, 6.07) is 13.9. The van der Waals surface area contributed by atoms with E-state index in [-0.39, 0.29) is 18.2 Å². The molecular weight excluding hydrogens is 479 g/mol. The lowest BCUT2D eigenvalue weighted by molar-refractivity contribution is -0.118. The molecule has 5 nitrogen and oxygen atoms in total. The molecule has 4 rings (SSSR count). The molecule has 1 atom stereocenters. The number of primary amides is 1. The number of hydrogen-bond donors (Lipinski definition) is 2. The predicted molar refractivity (Wildman–Crippen MR) is 146 cm³/mol. The van der Waals surface area contributed by atoms with E-state index in [0.29, 0.717) is 16.1 Å². The number of carbonyl (C=O) groups is 1. The molecule has 0 radical (unpaired) electrons. The summed E-state index contributed by atoms with van der Waals surface area (Å²) in [7, 11) is 0. The van der Waals surface area contributed by atoms with Crippen LogP contribution < -0.4 is 11.1 Å². The van der Waals surface area contributed by atoms with Gasteiger partial charge >= 0.3 is 0 Å². The normalized spacial score (nSPS) is 18.9. The number of nitrogens with zero attached hydrogens (tertiary/aromatic N) is 2. The van der Waals surface area contributed by atoms with Crippen molar-refractivity contribution >= 4 is 40.8 Å². The summed E-state index contributed by atoms with van der Waals surface area (Å²) in [5.74, 6) is 1.16. The number of nitrogens with one attached hydrogen (secondary N) is 1. The Balaban J connectivity index is 1.55. The van der Waals surface area contributed by atoms with Crippen molar-refractivity contribution < 1.29 is 4.79 Å². The van der Waals surface area contributed by atoms with Crippen LogP contribution in [0.1, 0.15) is 75.3 Å². The molecule has 35 heavy (non-hydrogen) atoms. The van der Waals surface area contributed by atoms with E-state index in [2.05, 4.69) is 29.3 Å². The van der Waals surface area contributed by atoms with Crippen molar-refractivity contribution in [3.8, 4) is 0 Å². The molecule has 0 bridgehead atoms. The number of aliphatic imine (C=N–C) groups is 1. The number of amides is 1. The average molecular weight is 516 g/mol. The van der Waals surface area contributed by atoms with Crippen LogP contribution in [-0.2, 0) is 4.79 Å². The van der Waals surface area contributed by atoms with E-state index < -0.39 is 0 Å². The van der Waals surface area contributed by atoms with Gasteiger partial charge in [0.15, 0.2) is 5.96 Å². The first-order valence-electron chi connectivity index (χ1n) is 12.8.